The Kier molecular flexibility index (Phi) is 6.97. The number of nitrogens with one attached hydrogen (secondary N) is 3. The van der Waals surface area contributed by atoms with Crippen molar-refractivity contribution >= 4 is 52.6 Å². The maximum Gasteiger partial charge on any atom is 0.322 e. The number of nitrogens with zero attached hydrogens (tertiary/aromatic N) is 1. The minimum Gasteiger partial charge on any atom is -0.505 e. The number of allylic oxidation sites excluding steroid dienone is 1. The minimum absolute atomic E-state index is 0.302. The van der Waals surface area contributed by atoms with Crippen molar-refractivity contribution in [2.75, 3.05) is 11.9 Å². The molecule has 10 heteroatoms. The number of amides is 1. The number of carboxylic acids is 1. The van der Waals surface area contributed by atoms with Crippen molar-refractivity contribution < 1.29 is 19.8 Å². The highest BCUT2D eigenvalue weighted by Gasteiger charge is 2.18. The molecule has 0 unspecified atom stereocenters. The van der Waals surface area contributed by atoms with Crippen molar-refractivity contribution in [1.29, 1.82) is 5.41 Å². The van der Waals surface area contributed by atoms with E-state index in [0.29, 0.717) is 32.4 Å². The van der Waals surface area contributed by atoms with Crippen LogP contribution in [0, 0.1) is 12.3 Å². The second-order valence-electron chi connectivity index (χ2n) is 5.62. The molecule has 0 saturated heterocycles. The molecular formula is C18H16Cl2N4O4. The molecule has 146 valence electrons. The van der Waals surface area contributed by atoms with E-state index in [9.17, 15) is 14.7 Å². The van der Waals surface area contributed by atoms with E-state index in [1.165, 1.54) is 12.4 Å². The van der Waals surface area contributed by atoms with E-state index in [2.05, 4.69) is 15.6 Å². The first-order valence-electron chi connectivity index (χ1n) is 7.85. The van der Waals surface area contributed by atoms with E-state index in [1.807, 2.05) is 0 Å². The van der Waals surface area contributed by atoms with Gasteiger partial charge in [-0.05, 0) is 25.1 Å². The number of carbonyl (C=O) groups excluding carboxylic acids is 1. The zero-order valence-electron chi connectivity index (χ0n) is 14.6. The minimum atomic E-state index is -1.22. The fourth-order valence-electron chi connectivity index (χ4n) is 2.28. The lowest BCUT2D eigenvalue weighted by Crippen LogP contribution is -2.30. The SMILES string of the molecule is Cc1c(/C(C=N)=C/Nc2cc(Cl)cc(Cl)c2)cnc(C(=O)NCC(=O)O)c1O. The molecule has 1 heterocycles. The first-order valence-corrected chi connectivity index (χ1v) is 8.60. The van der Waals surface area contributed by atoms with E-state index in [-0.39, 0.29) is 5.69 Å². The normalized spacial score (nSPS) is 11.0. The topological polar surface area (TPSA) is 135 Å². The summed E-state index contributed by atoms with van der Waals surface area (Å²) in [4.78, 5) is 26.4. The number of benzene rings is 1. The third kappa shape index (κ3) is 5.21. The van der Waals surface area contributed by atoms with Crippen LogP contribution in [0.1, 0.15) is 21.6 Å². The van der Waals surface area contributed by atoms with Gasteiger partial charge in [0.1, 0.15) is 12.3 Å². The van der Waals surface area contributed by atoms with Crippen LogP contribution in [0.15, 0.2) is 30.6 Å². The highest BCUT2D eigenvalue weighted by molar-refractivity contribution is 6.35. The van der Waals surface area contributed by atoms with Crippen molar-refractivity contribution in [1.82, 2.24) is 10.3 Å². The van der Waals surface area contributed by atoms with Crippen LogP contribution < -0.4 is 10.6 Å². The van der Waals surface area contributed by atoms with Crippen molar-refractivity contribution in [3.05, 3.63) is 57.5 Å². The van der Waals surface area contributed by atoms with Crippen LogP contribution in [0.25, 0.3) is 5.57 Å². The number of carboxylic acid groups (broad SMARTS) is 1. The molecule has 28 heavy (non-hydrogen) atoms. The molecule has 0 fully saturated rings. The summed E-state index contributed by atoms with van der Waals surface area (Å²) in [6.07, 6.45) is 3.86. The average Bonchev–Trinajstić information content (AvgIpc) is 2.62. The van der Waals surface area contributed by atoms with E-state index >= 15 is 0 Å². The third-order valence-electron chi connectivity index (χ3n) is 3.64. The van der Waals surface area contributed by atoms with Gasteiger partial charge in [0, 0.05) is 51.0 Å². The molecule has 5 N–H and O–H groups in total. The molecule has 0 saturated carbocycles. The van der Waals surface area contributed by atoms with Crippen LogP contribution in [0.3, 0.4) is 0 Å². The van der Waals surface area contributed by atoms with Crippen LogP contribution in [0.4, 0.5) is 5.69 Å². The molecule has 1 aromatic carbocycles. The molecule has 8 nitrogen and oxygen atoms in total. The Balaban J connectivity index is 2.31. The Morgan fingerprint density at radius 3 is 2.46 bits per heavy atom. The molecule has 0 aliphatic rings. The summed E-state index contributed by atoms with van der Waals surface area (Å²) in [5.41, 5.74) is 1.37. The number of halogens is 2. The fraction of sp³-hybridized carbons (Fsp3) is 0.111. The van der Waals surface area contributed by atoms with Gasteiger partial charge < -0.3 is 26.3 Å². The number of aliphatic carboxylic acids is 1. The Hall–Kier alpha value is -3.10. The number of hydrogen-bond acceptors (Lipinski definition) is 6. The number of aromatic hydroxyl groups is 1. The van der Waals surface area contributed by atoms with Crippen LogP contribution >= 0.6 is 23.2 Å². The van der Waals surface area contributed by atoms with Gasteiger partial charge in [-0.25, -0.2) is 4.98 Å². The lowest BCUT2D eigenvalue weighted by Gasteiger charge is -2.12. The molecule has 0 radical (unpaired) electrons. The number of rotatable bonds is 7. The van der Waals surface area contributed by atoms with Crippen molar-refractivity contribution in [3.63, 3.8) is 0 Å². The van der Waals surface area contributed by atoms with Gasteiger partial charge in [-0.15, -0.1) is 0 Å². The molecular weight excluding hydrogens is 407 g/mol. The number of pyridine rings is 1. The summed E-state index contributed by atoms with van der Waals surface area (Å²) in [5, 5.41) is 32.5. The summed E-state index contributed by atoms with van der Waals surface area (Å²) in [6, 6.07) is 4.86. The Bertz CT molecular complexity index is 956. The highest BCUT2D eigenvalue weighted by atomic mass is 35.5. The lowest BCUT2D eigenvalue weighted by atomic mass is 10.0. The summed E-state index contributed by atoms with van der Waals surface area (Å²) in [5.74, 6) is -2.44. The smallest absolute Gasteiger partial charge is 0.322 e. The zero-order chi connectivity index (χ0) is 20.8. The quantitative estimate of drug-likeness (QED) is 0.434. The molecule has 1 aromatic heterocycles. The zero-order valence-corrected chi connectivity index (χ0v) is 16.1. The van der Waals surface area contributed by atoms with Gasteiger partial charge in [0.05, 0.1) is 0 Å². The molecule has 1 amide bonds. The standard InChI is InChI=1S/C18H16Cl2N4O4/c1-9-14(7-23-16(17(9)27)18(28)24-8-15(25)26)10(5-21)6-22-13-3-11(19)2-12(20)4-13/h2-7,21-22,27H,8H2,1H3,(H,24,28)(H,25,26)/b10-6+,21-5?. The Morgan fingerprint density at radius 2 is 1.89 bits per heavy atom. The van der Waals surface area contributed by atoms with Crippen LogP contribution in [0.2, 0.25) is 10.0 Å². The number of aromatic nitrogens is 1. The van der Waals surface area contributed by atoms with Gasteiger partial charge in [0.2, 0.25) is 0 Å². The molecule has 2 aromatic rings. The summed E-state index contributed by atoms with van der Waals surface area (Å²) in [6.45, 7) is 0.951. The first kappa shape index (κ1) is 21.2. The second kappa shape index (κ2) is 9.20. The summed E-state index contributed by atoms with van der Waals surface area (Å²) in [7, 11) is 0. The van der Waals surface area contributed by atoms with E-state index in [4.69, 9.17) is 33.7 Å². The van der Waals surface area contributed by atoms with E-state index in [1.54, 1.807) is 25.1 Å². The largest absolute Gasteiger partial charge is 0.505 e. The molecule has 2 rings (SSSR count). The summed E-state index contributed by atoms with van der Waals surface area (Å²) < 4.78 is 0. The van der Waals surface area contributed by atoms with Gasteiger partial charge in [0.15, 0.2) is 5.69 Å². The van der Waals surface area contributed by atoms with E-state index in [0.717, 1.165) is 6.21 Å². The number of carbonyl (C=O) groups is 2. The fourth-order valence-corrected chi connectivity index (χ4v) is 2.81. The molecule has 0 bridgehead atoms. The van der Waals surface area contributed by atoms with Gasteiger partial charge >= 0.3 is 5.97 Å². The molecule has 0 spiro atoms. The van der Waals surface area contributed by atoms with Gasteiger partial charge in [-0.2, -0.15) is 0 Å². The van der Waals surface area contributed by atoms with Crippen LogP contribution in [-0.4, -0.2) is 39.8 Å². The van der Waals surface area contributed by atoms with Crippen molar-refractivity contribution in [2.45, 2.75) is 6.92 Å². The second-order valence-corrected chi connectivity index (χ2v) is 6.49. The van der Waals surface area contributed by atoms with Crippen LogP contribution in [-0.2, 0) is 4.79 Å². The van der Waals surface area contributed by atoms with Gasteiger partial charge in [-0.3, -0.25) is 9.59 Å². The Labute approximate surface area is 170 Å². The monoisotopic (exact) mass is 422 g/mol. The van der Waals surface area contributed by atoms with Gasteiger partial charge in [0.25, 0.3) is 5.91 Å². The Morgan fingerprint density at radius 1 is 1.25 bits per heavy atom. The molecule has 0 atom stereocenters. The molecule has 0 aliphatic carbocycles. The first-order chi connectivity index (χ1) is 13.2. The van der Waals surface area contributed by atoms with Gasteiger partial charge in [-0.1, -0.05) is 23.2 Å². The third-order valence-corrected chi connectivity index (χ3v) is 4.08. The van der Waals surface area contributed by atoms with Crippen molar-refractivity contribution in [3.8, 4) is 5.75 Å². The number of anilines is 1. The lowest BCUT2D eigenvalue weighted by molar-refractivity contribution is -0.135. The van der Waals surface area contributed by atoms with Crippen LogP contribution in [0.5, 0.6) is 5.75 Å². The maximum atomic E-state index is 12.0. The van der Waals surface area contributed by atoms with Crippen molar-refractivity contribution in [2.24, 2.45) is 0 Å². The highest BCUT2D eigenvalue weighted by Crippen LogP contribution is 2.28. The maximum absolute atomic E-state index is 12.0. The predicted octanol–water partition coefficient (Wildman–Crippen LogP) is 3.32. The average molecular weight is 423 g/mol. The predicted molar refractivity (Wildman–Crippen MR) is 107 cm³/mol. The van der Waals surface area contributed by atoms with E-state index < -0.39 is 24.2 Å². The molecule has 0 aliphatic heterocycles. The summed E-state index contributed by atoms with van der Waals surface area (Å²) >= 11 is 11.9. The number of hydrogen-bond donors (Lipinski definition) is 5.